The summed E-state index contributed by atoms with van der Waals surface area (Å²) in [5.41, 5.74) is 0. The molecule has 0 spiro atoms. The Labute approximate surface area is 88.5 Å². The molecule has 5 heteroatoms. The molecule has 0 radical (unpaired) electrons. The first-order valence-electron chi connectivity index (χ1n) is 3.04. The normalized spacial score (nSPS) is 22.0. The van der Waals surface area contributed by atoms with Crippen LogP contribution in [0.3, 0.4) is 0 Å². The fourth-order valence-corrected chi connectivity index (χ4v) is 2.63. The molecule has 0 atom stereocenters. The third kappa shape index (κ3) is 1.75. The molecule has 1 rings (SSSR count). The number of carbonyl (C=O) groups is 1. The van der Waals surface area contributed by atoms with E-state index in [0.717, 1.165) is 4.91 Å². The lowest BCUT2D eigenvalue weighted by Crippen LogP contribution is -2.27. The van der Waals surface area contributed by atoms with E-state index in [-0.39, 0.29) is 5.91 Å². The summed E-state index contributed by atoms with van der Waals surface area (Å²) in [5.74, 6) is 0.0388. The minimum absolute atomic E-state index is 0.0388. The van der Waals surface area contributed by atoms with Gasteiger partial charge in [-0.1, -0.05) is 46.6 Å². The van der Waals surface area contributed by atoms with Crippen molar-refractivity contribution in [2.45, 2.75) is 6.92 Å². The molecule has 2 nitrogen and oxygen atoms in total. The van der Waals surface area contributed by atoms with E-state index < -0.39 is 0 Å². The summed E-state index contributed by atoms with van der Waals surface area (Å²) in [6.07, 6.45) is 0. The Morgan fingerprint density at radius 2 is 2.45 bits per heavy atom. The third-order valence-corrected chi connectivity index (χ3v) is 3.71. The minimum Gasteiger partial charge on any atom is -0.293 e. The number of halogens is 1. The van der Waals surface area contributed by atoms with E-state index in [9.17, 15) is 4.79 Å². The van der Waals surface area contributed by atoms with E-state index in [1.165, 1.54) is 11.8 Å². The van der Waals surface area contributed by atoms with Crippen LogP contribution in [0.2, 0.25) is 0 Å². The molecule has 60 valence electrons. The zero-order valence-corrected chi connectivity index (χ0v) is 9.62. The highest BCUT2D eigenvalue weighted by Gasteiger charge is 2.29. The number of likely N-dealkylation sites (N-methyl/N-ethyl adjacent to an activating group) is 1. The van der Waals surface area contributed by atoms with Crippen molar-refractivity contribution in [3.8, 4) is 0 Å². The summed E-state index contributed by atoms with van der Waals surface area (Å²) in [6.45, 7) is 2.58. The molecule has 1 heterocycles. The lowest BCUT2D eigenvalue weighted by Gasteiger charge is -2.09. The van der Waals surface area contributed by atoms with Gasteiger partial charge in [-0.15, -0.1) is 0 Å². The number of nitrogens with zero attached hydrogens (tertiary/aromatic N) is 1. The van der Waals surface area contributed by atoms with Crippen molar-refractivity contribution in [1.82, 2.24) is 4.90 Å². The van der Waals surface area contributed by atoms with Crippen LogP contribution in [0, 0.1) is 0 Å². The van der Waals surface area contributed by atoms with Gasteiger partial charge in [0.05, 0.1) is 4.91 Å². The summed E-state index contributed by atoms with van der Waals surface area (Å²) < 4.78 is 2.44. The van der Waals surface area contributed by atoms with Crippen molar-refractivity contribution >= 4 is 56.8 Å². The standard InChI is InChI=1S/C6H6INOS2/c1-2-8-5(9)4(3-7)11-6(8)10/h3H,2H2,1H3/b4-3-. The van der Waals surface area contributed by atoms with Crippen LogP contribution in [-0.2, 0) is 4.79 Å². The van der Waals surface area contributed by atoms with Crippen LogP contribution in [0.5, 0.6) is 0 Å². The molecule has 0 aromatic heterocycles. The van der Waals surface area contributed by atoms with E-state index in [0.29, 0.717) is 10.9 Å². The Kier molecular flexibility index (Phi) is 3.32. The van der Waals surface area contributed by atoms with Gasteiger partial charge >= 0.3 is 0 Å². The fourth-order valence-electron chi connectivity index (χ4n) is 0.750. The number of rotatable bonds is 1. The van der Waals surface area contributed by atoms with Gasteiger partial charge in [0, 0.05) is 6.54 Å². The molecule has 0 saturated carbocycles. The van der Waals surface area contributed by atoms with Crippen LogP contribution < -0.4 is 0 Å². The highest BCUT2D eigenvalue weighted by Crippen LogP contribution is 2.31. The predicted octanol–water partition coefficient (Wildman–Crippen LogP) is 2.14. The maximum absolute atomic E-state index is 11.3. The zero-order chi connectivity index (χ0) is 8.43. The molecule has 0 unspecified atom stereocenters. The van der Waals surface area contributed by atoms with E-state index in [1.807, 2.05) is 6.92 Å². The maximum Gasteiger partial charge on any atom is 0.266 e. The van der Waals surface area contributed by atoms with Crippen LogP contribution in [-0.4, -0.2) is 21.7 Å². The molecule has 0 aliphatic carbocycles. The predicted molar refractivity (Wildman–Crippen MR) is 59.7 cm³/mol. The third-order valence-electron chi connectivity index (χ3n) is 1.29. The number of hydrogen-bond donors (Lipinski definition) is 0. The van der Waals surface area contributed by atoms with E-state index in [4.69, 9.17) is 12.2 Å². The molecule has 0 bridgehead atoms. The van der Waals surface area contributed by atoms with Crippen LogP contribution >= 0.6 is 46.6 Å². The first-order chi connectivity index (χ1) is 5.20. The average molecular weight is 299 g/mol. The molecular formula is C6H6INOS2. The van der Waals surface area contributed by atoms with Crippen molar-refractivity contribution < 1.29 is 4.79 Å². The Balaban J connectivity index is 2.88. The van der Waals surface area contributed by atoms with Crippen molar-refractivity contribution in [3.05, 3.63) is 8.99 Å². The van der Waals surface area contributed by atoms with Crippen molar-refractivity contribution in [2.75, 3.05) is 6.54 Å². The summed E-state index contributed by atoms with van der Waals surface area (Å²) in [6, 6.07) is 0. The molecule has 1 fully saturated rings. The SMILES string of the molecule is CCN1C(=O)/C(=C/I)SC1=S. The molecule has 1 aliphatic rings. The summed E-state index contributed by atoms with van der Waals surface area (Å²) in [4.78, 5) is 13.7. The first-order valence-corrected chi connectivity index (χ1v) is 5.51. The van der Waals surface area contributed by atoms with Crippen molar-refractivity contribution in [3.63, 3.8) is 0 Å². The highest BCUT2D eigenvalue weighted by atomic mass is 127. The van der Waals surface area contributed by atoms with Gasteiger partial charge in [-0.3, -0.25) is 9.69 Å². The van der Waals surface area contributed by atoms with Crippen molar-refractivity contribution in [1.29, 1.82) is 0 Å². The van der Waals surface area contributed by atoms with Gasteiger partial charge in [-0.25, -0.2) is 0 Å². The Morgan fingerprint density at radius 1 is 1.82 bits per heavy atom. The smallest absolute Gasteiger partial charge is 0.266 e. The lowest BCUT2D eigenvalue weighted by molar-refractivity contribution is -0.122. The highest BCUT2D eigenvalue weighted by molar-refractivity contribution is 14.1. The Bertz CT molecular complexity index is 239. The average Bonchev–Trinajstić information content (AvgIpc) is 2.26. The van der Waals surface area contributed by atoms with Crippen molar-refractivity contribution in [2.24, 2.45) is 0 Å². The number of thiocarbonyl (C=S) groups is 1. The quantitative estimate of drug-likeness (QED) is 0.420. The van der Waals surface area contributed by atoms with Gasteiger partial charge in [-0.05, 0) is 11.0 Å². The minimum atomic E-state index is 0.0388. The summed E-state index contributed by atoms with van der Waals surface area (Å²) >= 11 is 8.40. The van der Waals surface area contributed by atoms with Gasteiger partial charge in [0.2, 0.25) is 0 Å². The molecular weight excluding hydrogens is 293 g/mol. The largest absolute Gasteiger partial charge is 0.293 e. The van der Waals surface area contributed by atoms with Gasteiger partial charge in [0.25, 0.3) is 5.91 Å². The first kappa shape index (κ1) is 9.47. The number of carbonyl (C=O) groups excluding carboxylic acids is 1. The van der Waals surface area contributed by atoms with Crippen LogP contribution in [0.1, 0.15) is 6.92 Å². The van der Waals surface area contributed by atoms with Crippen LogP contribution in [0.4, 0.5) is 0 Å². The van der Waals surface area contributed by atoms with Crippen LogP contribution in [0.25, 0.3) is 0 Å². The van der Waals surface area contributed by atoms with E-state index >= 15 is 0 Å². The molecule has 1 saturated heterocycles. The second-order valence-corrected chi connectivity index (χ2v) is 4.19. The number of amides is 1. The molecule has 0 aromatic rings. The second kappa shape index (κ2) is 3.86. The molecule has 1 amide bonds. The molecule has 1 aliphatic heterocycles. The number of hydrogen-bond acceptors (Lipinski definition) is 3. The summed E-state index contributed by atoms with van der Waals surface area (Å²) in [7, 11) is 0. The summed E-state index contributed by atoms with van der Waals surface area (Å²) in [5, 5.41) is 0. The Hall–Kier alpha value is 0.380. The van der Waals surface area contributed by atoms with Gasteiger partial charge in [0.1, 0.15) is 4.32 Å². The maximum atomic E-state index is 11.3. The molecule has 0 N–H and O–H groups in total. The zero-order valence-electron chi connectivity index (χ0n) is 5.83. The van der Waals surface area contributed by atoms with Gasteiger partial charge < -0.3 is 0 Å². The monoisotopic (exact) mass is 299 g/mol. The van der Waals surface area contributed by atoms with E-state index in [2.05, 4.69) is 22.6 Å². The molecule has 11 heavy (non-hydrogen) atoms. The van der Waals surface area contributed by atoms with Crippen LogP contribution in [0.15, 0.2) is 8.99 Å². The Morgan fingerprint density at radius 3 is 2.73 bits per heavy atom. The van der Waals surface area contributed by atoms with Gasteiger partial charge in [0.15, 0.2) is 0 Å². The molecule has 0 aromatic carbocycles. The topological polar surface area (TPSA) is 20.3 Å². The number of thioether (sulfide) groups is 1. The lowest BCUT2D eigenvalue weighted by atomic mass is 10.5. The van der Waals surface area contributed by atoms with E-state index in [1.54, 1.807) is 8.98 Å². The van der Waals surface area contributed by atoms with Gasteiger partial charge in [-0.2, -0.15) is 0 Å². The fraction of sp³-hybridized carbons (Fsp3) is 0.333. The second-order valence-electron chi connectivity index (χ2n) is 1.89.